The Kier molecular flexibility index (Phi) is 5.06. The first-order valence-corrected chi connectivity index (χ1v) is 8.88. The summed E-state index contributed by atoms with van der Waals surface area (Å²) in [6.07, 6.45) is 3.03. The zero-order valence-corrected chi connectivity index (χ0v) is 14.9. The molecule has 1 aromatic carbocycles. The number of carbonyl (C=O) groups excluding carboxylic acids is 4. The fraction of sp³-hybridized carbons (Fsp3) is 0.474. The molecule has 1 aliphatic heterocycles. The molecule has 26 heavy (non-hydrogen) atoms. The molecule has 1 aromatic rings. The molecule has 1 aliphatic carbocycles. The van der Waals surface area contributed by atoms with Gasteiger partial charge in [-0.1, -0.05) is 25.0 Å². The summed E-state index contributed by atoms with van der Waals surface area (Å²) in [5.74, 6) is -2.20. The van der Waals surface area contributed by atoms with Gasteiger partial charge in [-0.05, 0) is 38.8 Å². The Labute approximate surface area is 151 Å². The molecule has 0 radical (unpaired) electrons. The van der Waals surface area contributed by atoms with Crippen molar-refractivity contribution in [3.63, 3.8) is 0 Å². The molecule has 1 N–H and O–H groups in total. The van der Waals surface area contributed by atoms with Gasteiger partial charge in [-0.25, -0.2) is 4.79 Å². The molecule has 1 fully saturated rings. The van der Waals surface area contributed by atoms with E-state index in [1.807, 2.05) is 0 Å². The van der Waals surface area contributed by atoms with Crippen molar-refractivity contribution in [1.82, 2.24) is 10.2 Å². The van der Waals surface area contributed by atoms with Gasteiger partial charge in [0, 0.05) is 6.04 Å². The molecule has 3 amide bonds. The van der Waals surface area contributed by atoms with E-state index in [4.69, 9.17) is 4.74 Å². The van der Waals surface area contributed by atoms with E-state index in [0.717, 1.165) is 30.6 Å². The van der Waals surface area contributed by atoms with Crippen molar-refractivity contribution in [1.29, 1.82) is 0 Å². The minimum atomic E-state index is -1.11. The largest absolute Gasteiger partial charge is 0.451 e. The molecular formula is C19H22N2O5. The summed E-state index contributed by atoms with van der Waals surface area (Å²) in [6, 6.07) is 5.43. The van der Waals surface area contributed by atoms with Gasteiger partial charge in [0.1, 0.15) is 6.04 Å². The van der Waals surface area contributed by atoms with Crippen LogP contribution in [0.3, 0.4) is 0 Å². The molecular weight excluding hydrogens is 336 g/mol. The highest BCUT2D eigenvalue weighted by molar-refractivity contribution is 6.22. The van der Waals surface area contributed by atoms with Crippen molar-refractivity contribution in [2.75, 3.05) is 0 Å². The number of imide groups is 1. The normalized spacial score (nSPS) is 19.2. The molecule has 2 atom stereocenters. The van der Waals surface area contributed by atoms with E-state index in [0.29, 0.717) is 0 Å². The molecule has 7 heteroatoms. The smallest absolute Gasteiger partial charge is 0.329 e. The van der Waals surface area contributed by atoms with Gasteiger partial charge in [0.25, 0.3) is 17.7 Å². The minimum absolute atomic E-state index is 0.123. The third-order valence-corrected chi connectivity index (χ3v) is 4.92. The van der Waals surface area contributed by atoms with Crippen LogP contribution in [0.4, 0.5) is 0 Å². The summed E-state index contributed by atoms with van der Waals surface area (Å²) in [5.41, 5.74) is 0.536. The average molecular weight is 358 g/mol. The molecule has 0 aromatic heterocycles. The predicted molar refractivity (Wildman–Crippen MR) is 92.4 cm³/mol. The average Bonchev–Trinajstić information content (AvgIpc) is 3.22. The van der Waals surface area contributed by atoms with Crippen LogP contribution < -0.4 is 5.32 Å². The molecule has 138 valence electrons. The van der Waals surface area contributed by atoms with E-state index in [1.165, 1.54) is 13.8 Å². The minimum Gasteiger partial charge on any atom is -0.451 e. The fourth-order valence-corrected chi connectivity index (χ4v) is 3.38. The quantitative estimate of drug-likeness (QED) is 0.638. The standard InChI is InChI=1S/C19H22N2O5/c1-11(21-17(23)14-9-5-6-10-15(14)18(21)24)19(25)26-12(2)16(22)20-13-7-3-4-8-13/h5-6,9-13H,3-4,7-8H2,1-2H3,(H,20,22)/t11-,12-/m1/s1. The zero-order chi connectivity index (χ0) is 18.8. The molecule has 1 heterocycles. The van der Waals surface area contributed by atoms with Gasteiger partial charge < -0.3 is 10.1 Å². The number of amides is 3. The van der Waals surface area contributed by atoms with Crippen molar-refractivity contribution in [3.05, 3.63) is 35.4 Å². The number of fused-ring (bicyclic) bond motifs is 1. The number of hydrogen-bond donors (Lipinski definition) is 1. The maximum Gasteiger partial charge on any atom is 0.329 e. The highest BCUT2D eigenvalue weighted by Gasteiger charge is 2.41. The topological polar surface area (TPSA) is 92.8 Å². The third kappa shape index (κ3) is 3.34. The second-order valence-corrected chi connectivity index (χ2v) is 6.77. The van der Waals surface area contributed by atoms with Gasteiger partial charge in [0.05, 0.1) is 11.1 Å². The number of carbonyl (C=O) groups is 4. The van der Waals surface area contributed by atoms with Crippen LogP contribution in [0.5, 0.6) is 0 Å². The van der Waals surface area contributed by atoms with Gasteiger partial charge in [0.2, 0.25) is 0 Å². The summed E-state index contributed by atoms with van der Waals surface area (Å²) in [4.78, 5) is 50.3. The highest BCUT2D eigenvalue weighted by atomic mass is 16.5. The predicted octanol–water partition coefficient (Wildman–Crippen LogP) is 1.66. The summed E-state index contributed by atoms with van der Waals surface area (Å²) in [7, 11) is 0. The maximum absolute atomic E-state index is 12.4. The second kappa shape index (κ2) is 7.27. The van der Waals surface area contributed by atoms with Crippen molar-refractivity contribution >= 4 is 23.7 Å². The first kappa shape index (κ1) is 18.1. The molecule has 0 saturated heterocycles. The van der Waals surface area contributed by atoms with Crippen LogP contribution in [0.25, 0.3) is 0 Å². The van der Waals surface area contributed by atoms with E-state index in [-0.39, 0.29) is 23.1 Å². The monoisotopic (exact) mass is 358 g/mol. The van der Waals surface area contributed by atoms with E-state index < -0.39 is 29.9 Å². The van der Waals surface area contributed by atoms with Crippen LogP contribution in [0.1, 0.15) is 60.2 Å². The van der Waals surface area contributed by atoms with E-state index in [2.05, 4.69) is 5.32 Å². The van der Waals surface area contributed by atoms with Crippen LogP contribution in [-0.4, -0.2) is 46.8 Å². The Morgan fingerprint density at radius 3 is 2.15 bits per heavy atom. The summed E-state index contributed by atoms with van der Waals surface area (Å²) < 4.78 is 5.20. The van der Waals surface area contributed by atoms with Crippen LogP contribution in [0, 0.1) is 0 Å². The number of nitrogens with one attached hydrogen (secondary N) is 1. The lowest BCUT2D eigenvalue weighted by molar-refractivity contribution is -0.158. The molecule has 3 rings (SSSR count). The number of hydrogen-bond acceptors (Lipinski definition) is 5. The Morgan fingerprint density at radius 2 is 1.62 bits per heavy atom. The Bertz CT molecular complexity index is 719. The maximum atomic E-state index is 12.4. The van der Waals surface area contributed by atoms with Crippen LogP contribution in [0.2, 0.25) is 0 Å². The lowest BCUT2D eigenvalue weighted by Crippen LogP contribution is -2.47. The van der Waals surface area contributed by atoms with E-state index in [9.17, 15) is 19.2 Å². The Hall–Kier alpha value is -2.70. The molecule has 0 spiro atoms. The number of esters is 1. The van der Waals surface area contributed by atoms with E-state index >= 15 is 0 Å². The van der Waals surface area contributed by atoms with Gasteiger partial charge in [0.15, 0.2) is 6.10 Å². The molecule has 2 aliphatic rings. The third-order valence-electron chi connectivity index (χ3n) is 4.92. The number of benzene rings is 1. The first-order chi connectivity index (χ1) is 12.4. The summed E-state index contributed by atoms with van der Waals surface area (Å²) in [5, 5.41) is 2.86. The van der Waals surface area contributed by atoms with Crippen molar-refractivity contribution < 1.29 is 23.9 Å². The zero-order valence-electron chi connectivity index (χ0n) is 14.9. The molecule has 0 bridgehead atoms. The molecule has 7 nitrogen and oxygen atoms in total. The summed E-state index contributed by atoms with van der Waals surface area (Å²) in [6.45, 7) is 2.91. The van der Waals surface area contributed by atoms with Gasteiger partial charge >= 0.3 is 5.97 Å². The van der Waals surface area contributed by atoms with E-state index in [1.54, 1.807) is 24.3 Å². The Balaban J connectivity index is 1.62. The number of ether oxygens (including phenoxy) is 1. The molecule has 1 saturated carbocycles. The van der Waals surface area contributed by atoms with Crippen LogP contribution >= 0.6 is 0 Å². The van der Waals surface area contributed by atoms with Crippen molar-refractivity contribution in [2.24, 2.45) is 0 Å². The van der Waals surface area contributed by atoms with Crippen molar-refractivity contribution in [2.45, 2.75) is 57.7 Å². The number of nitrogens with zero attached hydrogens (tertiary/aromatic N) is 1. The van der Waals surface area contributed by atoms with Gasteiger partial charge in [-0.3, -0.25) is 19.3 Å². The first-order valence-electron chi connectivity index (χ1n) is 8.88. The van der Waals surface area contributed by atoms with Crippen LogP contribution in [-0.2, 0) is 14.3 Å². The Morgan fingerprint density at radius 1 is 1.08 bits per heavy atom. The SMILES string of the molecule is C[C@H](C(=O)O[C@H](C)C(=O)NC1CCCC1)N1C(=O)c2ccccc2C1=O. The van der Waals surface area contributed by atoms with Crippen molar-refractivity contribution in [3.8, 4) is 0 Å². The molecule has 0 unspecified atom stereocenters. The lowest BCUT2D eigenvalue weighted by Gasteiger charge is -2.23. The van der Waals surface area contributed by atoms with Gasteiger partial charge in [-0.2, -0.15) is 0 Å². The summed E-state index contributed by atoms with van der Waals surface area (Å²) >= 11 is 0. The lowest BCUT2D eigenvalue weighted by atomic mass is 10.1. The fourth-order valence-electron chi connectivity index (χ4n) is 3.38. The highest BCUT2D eigenvalue weighted by Crippen LogP contribution is 2.25. The number of rotatable bonds is 5. The van der Waals surface area contributed by atoms with Gasteiger partial charge in [-0.15, -0.1) is 0 Å². The second-order valence-electron chi connectivity index (χ2n) is 6.77. The van der Waals surface area contributed by atoms with Crippen LogP contribution in [0.15, 0.2) is 24.3 Å².